The fourth-order valence-electron chi connectivity index (χ4n) is 1.14. The van der Waals surface area contributed by atoms with Crippen LogP contribution >= 0.6 is 0 Å². The molecule has 6 nitrogen and oxygen atoms in total. The molecule has 1 fully saturated rings. The first-order valence-electron chi connectivity index (χ1n) is 3.98. The monoisotopic (exact) mass is 187 g/mol. The van der Waals surface area contributed by atoms with Crippen molar-refractivity contribution in [3.8, 4) is 0 Å². The van der Waals surface area contributed by atoms with Crippen molar-refractivity contribution in [3.05, 3.63) is 0 Å². The second-order valence-electron chi connectivity index (χ2n) is 3.09. The van der Waals surface area contributed by atoms with Crippen LogP contribution in [0.2, 0.25) is 0 Å². The number of nitrogens with two attached hydrogens (primary N) is 1. The van der Waals surface area contributed by atoms with Crippen LogP contribution in [-0.2, 0) is 4.79 Å². The summed E-state index contributed by atoms with van der Waals surface area (Å²) in [4.78, 5) is 24.8. The van der Waals surface area contributed by atoms with Crippen LogP contribution in [0.5, 0.6) is 0 Å². The number of nitrogens with zero attached hydrogens (tertiary/aromatic N) is 2. The Morgan fingerprint density at radius 3 is 2.62 bits per heavy atom. The number of imide groups is 1. The van der Waals surface area contributed by atoms with E-state index < -0.39 is 6.04 Å². The fourth-order valence-corrected chi connectivity index (χ4v) is 1.14. The molecule has 13 heavy (non-hydrogen) atoms. The van der Waals surface area contributed by atoms with E-state index in [1.54, 1.807) is 7.05 Å². The molecule has 1 aliphatic heterocycles. The number of likely N-dealkylation sites (N-methyl/N-ethyl adjacent to an activating group) is 1. The highest BCUT2D eigenvalue weighted by Gasteiger charge is 2.33. The Kier molecular flexibility index (Phi) is 2.84. The van der Waals surface area contributed by atoms with Gasteiger partial charge in [0, 0.05) is 19.6 Å². The molecule has 1 aliphatic rings. The van der Waals surface area contributed by atoms with Gasteiger partial charge in [-0.15, -0.1) is 0 Å². The maximum Gasteiger partial charge on any atom is 0.327 e. The van der Waals surface area contributed by atoms with Crippen molar-refractivity contribution in [2.45, 2.75) is 6.04 Å². The maximum absolute atomic E-state index is 11.3. The first-order chi connectivity index (χ1) is 6.06. The average molecular weight is 187 g/mol. The zero-order valence-electron chi connectivity index (χ0n) is 7.43. The Balaban J connectivity index is 2.59. The largest absolute Gasteiger partial charge is 0.395 e. The van der Waals surface area contributed by atoms with Gasteiger partial charge in [-0.2, -0.15) is 0 Å². The molecule has 1 rings (SSSR count). The standard InChI is InChI=1S/C7H13N3O3/c1-9-3-6(12)10(7(9)13)2-5(8)4-11/h5,11H,2-4,8H2,1H3. The van der Waals surface area contributed by atoms with Crippen molar-refractivity contribution < 1.29 is 14.7 Å². The zero-order valence-corrected chi connectivity index (χ0v) is 7.43. The Hall–Kier alpha value is -1.14. The highest BCUT2D eigenvalue weighted by Crippen LogP contribution is 2.07. The van der Waals surface area contributed by atoms with Crippen molar-refractivity contribution in [2.75, 3.05) is 26.7 Å². The predicted octanol–water partition coefficient (Wildman–Crippen LogP) is -1.80. The van der Waals surface area contributed by atoms with Gasteiger partial charge >= 0.3 is 6.03 Å². The van der Waals surface area contributed by atoms with E-state index in [0.717, 1.165) is 4.90 Å². The third-order valence-electron chi connectivity index (χ3n) is 1.88. The van der Waals surface area contributed by atoms with E-state index in [1.165, 1.54) is 4.90 Å². The molecule has 6 heteroatoms. The quantitative estimate of drug-likeness (QED) is 0.510. The number of rotatable bonds is 3. The molecule has 0 aliphatic carbocycles. The third-order valence-corrected chi connectivity index (χ3v) is 1.88. The second-order valence-corrected chi connectivity index (χ2v) is 3.09. The van der Waals surface area contributed by atoms with Crippen LogP contribution in [0.25, 0.3) is 0 Å². The molecule has 1 unspecified atom stereocenters. The Morgan fingerprint density at radius 2 is 2.23 bits per heavy atom. The molecule has 74 valence electrons. The molecule has 1 heterocycles. The van der Waals surface area contributed by atoms with Crippen LogP contribution in [0.3, 0.4) is 0 Å². The van der Waals surface area contributed by atoms with Crippen LogP contribution in [0.15, 0.2) is 0 Å². The number of aliphatic hydroxyl groups is 1. The van der Waals surface area contributed by atoms with Crippen molar-refractivity contribution in [1.82, 2.24) is 9.80 Å². The molecule has 3 amide bonds. The lowest BCUT2D eigenvalue weighted by Crippen LogP contribution is -2.43. The number of carbonyl (C=O) groups is 2. The van der Waals surface area contributed by atoms with E-state index >= 15 is 0 Å². The first-order valence-corrected chi connectivity index (χ1v) is 3.98. The minimum absolute atomic E-state index is 0.0819. The van der Waals surface area contributed by atoms with Gasteiger partial charge in [-0.25, -0.2) is 4.79 Å². The minimum atomic E-state index is -0.556. The average Bonchev–Trinajstić information content (AvgIpc) is 2.32. The minimum Gasteiger partial charge on any atom is -0.395 e. The maximum atomic E-state index is 11.3. The Morgan fingerprint density at radius 1 is 1.62 bits per heavy atom. The van der Waals surface area contributed by atoms with Crippen LogP contribution < -0.4 is 5.73 Å². The number of amides is 3. The van der Waals surface area contributed by atoms with Gasteiger partial charge in [0.2, 0.25) is 5.91 Å². The summed E-state index contributed by atoms with van der Waals surface area (Å²) >= 11 is 0. The van der Waals surface area contributed by atoms with E-state index in [2.05, 4.69) is 0 Å². The first kappa shape index (κ1) is 9.94. The summed E-state index contributed by atoms with van der Waals surface area (Å²) in [6, 6.07) is -0.909. The molecular weight excluding hydrogens is 174 g/mol. The van der Waals surface area contributed by atoms with Gasteiger partial charge in [-0.1, -0.05) is 0 Å². The summed E-state index contributed by atoms with van der Waals surface area (Å²) in [7, 11) is 1.55. The van der Waals surface area contributed by atoms with E-state index in [9.17, 15) is 9.59 Å². The molecule has 0 aromatic rings. The highest BCUT2D eigenvalue weighted by atomic mass is 16.3. The van der Waals surface area contributed by atoms with Gasteiger partial charge in [0.15, 0.2) is 0 Å². The SMILES string of the molecule is CN1CC(=O)N(CC(N)CO)C1=O. The van der Waals surface area contributed by atoms with Gasteiger partial charge < -0.3 is 15.7 Å². The molecule has 0 spiro atoms. The fraction of sp³-hybridized carbons (Fsp3) is 0.714. The van der Waals surface area contributed by atoms with Gasteiger partial charge in [-0.05, 0) is 0 Å². The number of carbonyl (C=O) groups excluding carboxylic acids is 2. The van der Waals surface area contributed by atoms with E-state index in [1.807, 2.05) is 0 Å². The summed E-state index contributed by atoms with van der Waals surface area (Å²) in [5.41, 5.74) is 5.41. The number of hydrogen-bond donors (Lipinski definition) is 2. The summed E-state index contributed by atoms with van der Waals surface area (Å²) in [6.45, 7) is -0.0593. The molecule has 1 saturated heterocycles. The highest BCUT2D eigenvalue weighted by molar-refractivity contribution is 6.01. The van der Waals surface area contributed by atoms with Crippen molar-refractivity contribution in [3.63, 3.8) is 0 Å². The number of aliphatic hydroxyl groups excluding tert-OH is 1. The molecule has 0 saturated carbocycles. The van der Waals surface area contributed by atoms with Crippen LogP contribution in [-0.4, -0.2) is 59.6 Å². The molecule has 0 bridgehead atoms. The molecule has 0 aromatic carbocycles. The van der Waals surface area contributed by atoms with E-state index in [-0.39, 0.29) is 31.6 Å². The zero-order chi connectivity index (χ0) is 10.0. The van der Waals surface area contributed by atoms with Gasteiger partial charge in [0.1, 0.15) is 6.54 Å². The van der Waals surface area contributed by atoms with Crippen LogP contribution in [0.1, 0.15) is 0 Å². The van der Waals surface area contributed by atoms with Gasteiger partial charge in [0.05, 0.1) is 6.61 Å². The predicted molar refractivity (Wildman–Crippen MR) is 44.8 cm³/mol. The van der Waals surface area contributed by atoms with Gasteiger partial charge in [0.25, 0.3) is 0 Å². The molecule has 0 radical (unpaired) electrons. The second kappa shape index (κ2) is 3.71. The van der Waals surface area contributed by atoms with E-state index in [4.69, 9.17) is 10.8 Å². The van der Waals surface area contributed by atoms with Gasteiger partial charge in [-0.3, -0.25) is 9.69 Å². The van der Waals surface area contributed by atoms with Crippen molar-refractivity contribution >= 4 is 11.9 Å². The van der Waals surface area contributed by atoms with Crippen molar-refractivity contribution in [1.29, 1.82) is 0 Å². The molecular formula is C7H13N3O3. The van der Waals surface area contributed by atoms with Crippen molar-refractivity contribution in [2.24, 2.45) is 5.73 Å². The lowest BCUT2D eigenvalue weighted by molar-refractivity contribution is -0.125. The smallest absolute Gasteiger partial charge is 0.327 e. The molecule has 3 N–H and O–H groups in total. The lowest BCUT2D eigenvalue weighted by Gasteiger charge is -2.17. The van der Waals surface area contributed by atoms with Crippen LogP contribution in [0.4, 0.5) is 4.79 Å². The number of urea groups is 1. The van der Waals surface area contributed by atoms with E-state index in [0.29, 0.717) is 0 Å². The summed E-state index contributed by atoms with van der Waals surface area (Å²) < 4.78 is 0. The summed E-state index contributed by atoms with van der Waals surface area (Å²) in [5, 5.41) is 8.65. The summed E-state index contributed by atoms with van der Waals surface area (Å²) in [6.07, 6.45) is 0. The Bertz CT molecular complexity index is 231. The molecule has 1 atom stereocenters. The number of hydrogen-bond acceptors (Lipinski definition) is 4. The Labute approximate surface area is 75.9 Å². The molecule has 0 aromatic heterocycles. The third kappa shape index (κ3) is 1.96. The normalized spacial score (nSPS) is 19.9. The lowest BCUT2D eigenvalue weighted by atomic mass is 10.3. The van der Waals surface area contributed by atoms with Crippen LogP contribution in [0, 0.1) is 0 Å². The topological polar surface area (TPSA) is 86.9 Å². The summed E-state index contributed by atoms with van der Waals surface area (Å²) in [5.74, 6) is -0.267.